The fourth-order valence-corrected chi connectivity index (χ4v) is 1.60. The molecule has 2 aromatic rings. The van der Waals surface area contributed by atoms with Crippen molar-refractivity contribution in [3.05, 3.63) is 46.0 Å². The van der Waals surface area contributed by atoms with E-state index in [1.165, 1.54) is 12.1 Å². The monoisotopic (exact) mass is 191 g/mol. The SMILES string of the molecule is Cc1cc(=O)c2cccc(F)c2n1C. The summed E-state index contributed by atoms with van der Waals surface area (Å²) >= 11 is 0. The average molecular weight is 191 g/mol. The van der Waals surface area contributed by atoms with Gasteiger partial charge < -0.3 is 4.57 Å². The molecule has 14 heavy (non-hydrogen) atoms. The minimum atomic E-state index is -0.356. The van der Waals surface area contributed by atoms with E-state index in [9.17, 15) is 9.18 Å². The summed E-state index contributed by atoms with van der Waals surface area (Å²) in [5.74, 6) is -0.356. The van der Waals surface area contributed by atoms with E-state index in [4.69, 9.17) is 0 Å². The highest BCUT2D eigenvalue weighted by atomic mass is 19.1. The Hall–Kier alpha value is -1.64. The van der Waals surface area contributed by atoms with E-state index in [2.05, 4.69) is 0 Å². The van der Waals surface area contributed by atoms with E-state index in [0.717, 1.165) is 5.69 Å². The minimum absolute atomic E-state index is 0.130. The lowest BCUT2D eigenvalue weighted by Crippen LogP contribution is -2.10. The molecule has 0 radical (unpaired) electrons. The topological polar surface area (TPSA) is 22.0 Å². The number of pyridine rings is 1. The molecule has 1 aromatic heterocycles. The summed E-state index contributed by atoms with van der Waals surface area (Å²) in [7, 11) is 1.75. The van der Waals surface area contributed by atoms with Gasteiger partial charge in [-0.05, 0) is 19.1 Å². The molecule has 0 saturated carbocycles. The lowest BCUT2D eigenvalue weighted by Gasteiger charge is -2.08. The van der Waals surface area contributed by atoms with Gasteiger partial charge in [-0.3, -0.25) is 4.79 Å². The van der Waals surface area contributed by atoms with Crippen molar-refractivity contribution in [3.63, 3.8) is 0 Å². The molecule has 0 unspecified atom stereocenters. The zero-order valence-electron chi connectivity index (χ0n) is 8.04. The lowest BCUT2D eigenvalue weighted by molar-refractivity contribution is 0.629. The minimum Gasteiger partial charge on any atom is -0.345 e. The largest absolute Gasteiger partial charge is 0.345 e. The molecule has 0 spiro atoms. The molecule has 2 rings (SSSR count). The van der Waals surface area contributed by atoms with Crippen LogP contribution in [-0.2, 0) is 7.05 Å². The zero-order chi connectivity index (χ0) is 10.3. The summed E-state index contributed by atoms with van der Waals surface area (Å²) in [6.07, 6.45) is 0. The third-order valence-electron chi connectivity index (χ3n) is 2.46. The first-order valence-electron chi connectivity index (χ1n) is 4.36. The third kappa shape index (κ3) is 1.13. The Morgan fingerprint density at radius 1 is 1.36 bits per heavy atom. The molecule has 0 aliphatic rings. The van der Waals surface area contributed by atoms with Crippen molar-refractivity contribution in [2.24, 2.45) is 7.05 Å². The highest BCUT2D eigenvalue weighted by molar-refractivity contribution is 5.79. The van der Waals surface area contributed by atoms with Gasteiger partial charge in [0.25, 0.3) is 0 Å². The first kappa shape index (κ1) is 8.94. The van der Waals surface area contributed by atoms with Crippen LogP contribution in [0.4, 0.5) is 4.39 Å². The van der Waals surface area contributed by atoms with Crippen LogP contribution in [0.2, 0.25) is 0 Å². The van der Waals surface area contributed by atoms with Gasteiger partial charge in [0, 0.05) is 24.2 Å². The van der Waals surface area contributed by atoms with Crippen LogP contribution in [0.25, 0.3) is 10.9 Å². The van der Waals surface area contributed by atoms with Gasteiger partial charge in [0.05, 0.1) is 5.52 Å². The molecule has 1 heterocycles. The predicted molar refractivity (Wildman–Crippen MR) is 53.9 cm³/mol. The van der Waals surface area contributed by atoms with Crippen LogP contribution in [-0.4, -0.2) is 4.57 Å². The normalized spacial score (nSPS) is 10.8. The number of aromatic nitrogens is 1. The van der Waals surface area contributed by atoms with E-state index in [1.807, 2.05) is 0 Å². The molecule has 2 nitrogen and oxygen atoms in total. The van der Waals surface area contributed by atoms with Crippen LogP contribution in [0, 0.1) is 12.7 Å². The van der Waals surface area contributed by atoms with E-state index in [-0.39, 0.29) is 11.2 Å². The van der Waals surface area contributed by atoms with Crippen molar-refractivity contribution >= 4 is 10.9 Å². The van der Waals surface area contributed by atoms with Crippen molar-refractivity contribution in [2.75, 3.05) is 0 Å². The summed E-state index contributed by atoms with van der Waals surface area (Å²) in [6.45, 7) is 1.78. The van der Waals surface area contributed by atoms with Crippen LogP contribution in [0.3, 0.4) is 0 Å². The number of benzene rings is 1. The number of fused-ring (bicyclic) bond motifs is 1. The number of hydrogen-bond acceptors (Lipinski definition) is 1. The molecule has 0 aliphatic carbocycles. The Morgan fingerprint density at radius 2 is 2.07 bits per heavy atom. The van der Waals surface area contributed by atoms with Gasteiger partial charge in [-0.1, -0.05) is 6.07 Å². The Morgan fingerprint density at radius 3 is 2.79 bits per heavy atom. The van der Waals surface area contributed by atoms with Crippen molar-refractivity contribution in [1.82, 2.24) is 4.57 Å². The number of para-hydroxylation sites is 1. The summed E-state index contributed by atoms with van der Waals surface area (Å²) in [6, 6.07) is 6.07. The van der Waals surface area contributed by atoms with E-state index < -0.39 is 0 Å². The second-order valence-corrected chi connectivity index (χ2v) is 3.34. The lowest BCUT2D eigenvalue weighted by atomic mass is 10.2. The fourth-order valence-electron chi connectivity index (χ4n) is 1.60. The smallest absolute Gasteiger partial charge is 0.189 e. The molecule has 0 N–H and O–H groups in total. The Kier molecular flexibility index (Phi) is 1.88. The van der Waals surface area contributed by atoms with Gasteiger partial charge in [-0.25, -0.2) is 4.39 Å². The molecule has 0 amide bonds. The molecule has 0 fully saturated rings. The summed E-state index contributed by atoms with van der Waals surface area (Å²) in [5.41, 5.74) is 1.00. The molecular weight excluding hydrogens is 181 g/mol. The van der Waals surface area contributed by atoms with Gasteiger partial charge in [0.2, 0.25) is 0 Å². The summed E-state index contributed by atoms with van der Waals surface area (Å²) in [4.78, 5) is 11.5. The van der Waals surface area contributed by atoms with Crippen LogP contribution < -0.4 is 5.43 Å². The van der Waals surface area contributed by atoms with Crippen molar-refractivity contribution in [2.45, 2.75) is 6.92 Å². The van der Waals surface area contributed by atoms with Gasteiger partial charge in [-0.2, -0.15) is 0 Å². The maximum atomic E-state index is 13.4. The van der Waals surface area contributed by atoms with Crippen molar-refractivity contribution < 1.29 is 4.39 Å². The number of nitrogens with zero attached hydrogens (tertiary/aromatic N) is 1. The van der Waals surface area contributed by atoms with Crippen LogP contribution >= 0.6 is 0 Å². The number of aryl methyl sites for hydroxylation is 2. The van der Waals surface area contributed by atoms with Gasteiger partial charge in [-0.15, -0.1) is 0 Å². The summed E-state index contributed by atoms with van der Waals surface area (Å²) in [5, 5.41) is 0.429. The van der Waals surface area contributed by atoms with E-state index >= 15 is 0 Å². The van der Waals surface area contributed by atoms with E-state index in [1.54, 1.807) is 30.7 Å². The highest BCUT2D eigenvalue weighted by Gasteiger charge is 2.07. The number of halogens is 1. The Bertz CT molecular complexity index is 557. The van der Waals surface area contributed by atoms with Crippen molar-refractivity contribution in [3.8, 4) is 0 Å². The molecule has 1 aromatic carbocycles. The van der Waals surface area contributed by atoms with Crippen LogP contribution in [0.5, 0.6) is 0 Å². The highest BCUT2D eigenvalue weighted by Crippen LogP contribution is 2.14. The predicted octanol–water partition coefficient (Wildman–Crippen LogP) is 1.99. The molecular formula is C11H10FNO. The van der Waals surface area contributed by atoms with Crippen LogP contribution in [0.1, 0.15) is 5.69 Å². The zero-order valence-corrected chi connectivity index (χ0v) is 8.04. The third-order valence-corrected chi connectivity index (χ3v) is 2.46. The van der Waals surface area contributed by atoms with Crippen LogP contribution in [0.15, 0.2) is 29.1 Å². The quantitative estimate of drug-likeness (QED) is 0.624. The molecule has 0 atom stereocenters. The number of rotatable bonds is 0. The van der Waals surface area contributed by atoms with Crippen molar-refractivity contribution in [1.29, 1.82) is 0 Å². The second-order valence-electron chi connectivity index (χ2n) is 3.34. The molecule has 72 valence electrons. The first-order valence-corrected chi connectivity index (χ1v) is 4.36. The summed E-state index contributed by atoms with van der Waals surface area (Å²) < 4.78 is 15.1. The molecule has 0 saturated heterocycles. The molecule has 0 bridgehead atoms. The molecule has 0 aliphatic heterocycles. The van der Waals surface area contributed by atoms with Gasteiger partial charge >= 0.3 is 0 Å². The van der Waals surface area contributed by atoms with Gasteiger partial charge in [0.15, 0.2) is 5.43 Å². The molecule has 3 heteroatoms. The first-order chi connectivity index (χ1) is 6.61. The maximum Gasteiger partial charge on any atom is 0.189 e. The second kappa shape index (κ2) is 2.94. The van der Waals surface area contributed by atoms with E-state index in [0.29, 0.717) is 10.9 Å². The Balaban J connectivity index is 3.11. The average Bonchev–Trinajstić information content (AvgIpc) is 2.14. The standard InChI is InChI=1S/C11H10FNO/c1-7-6-10(14)8-4-3-5-9(12)11(8)13(7)2/h3-6H,1-2H3. The fraction of sp³-hybridized carbons (Fsp3) is 0.182. The Labute approximate surface area is 80.6 Å². The number of hydrogen-bond donors (Lipinski definition) is 0. The maximum absolute atomic E-state index is 13.4. The van der Waals surface area contributed by atoms with Gasteiger partial charge in [0.1, 0.15) is 5.82 Å².